The van der Waals surface area contributed by atoms with Crippen LogP contribution in [0.15, 0.2) is 0 Å². The molecule has 0 aliphatic carbocycles. The maximum absolute atomic E-state index is 11.0. The third-order valence-electron chi connectivity index (χ3n) is 2.29. The van der Waals surface area contributed by atoms with E-state index in [9.17, 15) is 4.79 Å². The average molecular weight is 271 g/mol. The maximum atomic E-state index is 11.0. The summed E-state index contributed by atoms with van der Waals surface area (Å²) in [4.78, 5) is 11.0. The van der Waals surface area contributed by atoms with Crippen molar-refractivity contribution in [2.45, 2.75) is 37.5 Å². The summed E-state index contributed by atoms with van der Waals surface area (Å²) in [6.07, 6.45) is 0.0729. The Morgan fingerprint density at radius 1 is 1.69 bits per heavy atom. The predicted molar refractivity (Wildman–Crippen MR) is 60.8 cm³/mol. The Balaban J connectivity index is 2.40. The number of hydrogen-bond acceptors (Lipinski definition) is 4. The fourth-order valence-corrected chi connectivity index (χ4v) is 1.64. The molecule has 3 atom stereocenters. The zero-order valence-corrected chi connectivity index (χ0v) is 10.9. The van der Waals surface area contributed by atoms with Crippen molar-refractivity contribution in [1.82, 2.24) is 0 Å². The zero-order valence-electron chi connectivity index (χ0n) is 9.37. The van der Waals surface area contributed by atoms with Gasteiger partial charge in [-0.25, -0.2) is 0 Å². The minimum absolute atomic E-state index is 0.0715. The largest absolute Gasteiger partial charge is 0.460 e. The summed E-state index contributed by atoms with van der Waals surface area (Å²) in [6, 6.07) is 0. The molecule has 0 aromatic heterocycles. The third-order valence-corrected chi connectivity index (χ3v) is 3.21. The number of carbonyl (C=O) groups excluding carboxylic acids is 1. The predicted octanol–water partition coefficient (Wildman–Crippen LogP) is 1.92. The van der Waals surface area contributed by atoms with Crippen molar-refractivity contribution in [3.63, 3.8) is 0 Å². The summed E-state index contributed by atoms with van der Waals surface area (Å²) >= 11 is 11.6. The Hall–Kier alpha value is -0.0300. The fourth-order valence-electron chi connectivity index (χ4n) is 1.31. The van der Waals surface area contributed by atoms with Crippen molar-refractivity contribution in [2.75, 3.05) is 19.1 Å². The maximum Gasteiger partial charge on any atom is 0.305 e. The quantitative estimate of drug-likeness (QED) is 0.566. The molecule has 1 saturated heterocycles. The van der Waals surface area contributed by atoms with E-state index < -0.39 is 5.79 Å². The van der Waals surface area contributed by atoms with E-state index in [1.807, 2.05) is 0 Å². The van der Waals surface area contributed by atoms with E-state index in [1.165, 1.54) is 0 Å². The van der Waals surface area contributed by atoms with Crippen LogP contribution in [0.5, 0.6) is 0 Å². The standard InChI is InChI=1S/C10H16Cl2O4/c1-3-9(13)14-6-10(2)15-5-8(16-10)7(12)4-11/h7-8H,3-6H2,1-2H3. The Labute approximate surface area is 105 Å². The highest BCUT2D eigenvalue weighted by Gasteiger charge is 2.41. The first-order chi connectivity index (χ1) is 7.50. The van der Waals surface area contributed by atoms with Gasteiger partial charge in [-0.3, -0.25) is 4.79 Å². The van der Waals surface area contributed by atoms with Crippen LogP contribution in [0.1, 0.15) is 20.3 Å². The van der Waals surface area contributed by atoms with Gasteiger partial charge in [0.05, 0.1) is 12.0 Å². The van der Waals surface area contributed by atoms with Gasteiger partial charge in [0.25, 0.3) is 0 Å². The number of alkyl halides is 2. The van der Waals surface area contributed by atoms with Crippen LogP contribution in [0, 0.1) is 0 Å². The van der Waals surface area contributed by atoms with Gasteiger partial charge in [-0.15, -0.1) is 23.2 Å². The summed E-state index contributed by atoms with van der Waals surface area (Å²) in [5, 5.41) is -0.301. The SMILES string of the molecule is CCC(=O)OCC1(C)OCC(C(Cl)CCl)O1. The smallest absolute Gasteiger partial charge is 0.305 e. The molecule has 0 bridgehead atoms. The van der Waals surface area contributed by atoms with Crippen molar-refractivity contribution in [2.24, 2.45) is 0 Å². The van der Waals surface area contributed by atoms with E-state index in [2.05, 4.69) is 0 Å². The molecular weight excluding hydrogens is 255 g/mol. The van der Waals surface area contributed by atoms with E-state index in [0.29, 0.717) is 18.9 Å². The van der Waals surface area contributed by atoms with Gasteiger partial charge >= 0.3 is 5.97 Å². The lowest BCUT2D eigenvalue weighted by Gasteiger charge is -2.23. The molecular formula is C10H16Cl2O4. The highest BCUT2D eigenvalue weighted by Crippen LogP contribution is 2.27. The first-order valence-electron chi connectivity index (χ1n) is 5.18. The van der Waals surface area contributed by atoms with Crippen LogP contribution in [0.4, 0.5) is 0 Å². The van der Waals surface area contributed by atoms with Gasteiger partial charge in [-0.1, -0.05) is 6.92 Å². The molecule has 1 aliphatic heterocycles. The molecule has 0 aromatic rings. The van der Waals surface area contributed by atoms with Gasteiger partial charge in [0.2, 0.25) is 5.79 Å². The molecule has 0 spiro atoms. The third kappa shape index (κ3) is 3.77. The minimum atomic E-state index is -0.908. The number of carbonyl (C=O) groups is 1. The van der Waals surface area contributed by atoms with Crippen LogP contribution in [-0.4, -0.2) is 42.3 Å². The van der Waals surface area contributed by atoms with Gasteiger partial charge in [0.15, 0.2) is 0 Å². The van der Waals surface area contributed by atoms with Crippen LogP contribution in [0.25, 0.3) is 0 Å². The highest BCUT2D eigenvalue weighted by atomic mass is 35.5. The summed E-state index contributed by atoms with van der Waals surface area (Å²) in [5.41, 5.74) is 0. The van der Waals surface area contributed by atoms with Gasteiger partial charge in [0.1, 0.15) is 12.7 Å². The first-order valence-corrected chi connectivity index (χ1v) is 6.15. The van der Waals surface area contributed by atoms with E-state index in [0.717, 1.165) is 0 Å². The second kappa shape index (κ2) is 6.05. The Morgan fingerprint density at radius 3 is 2.94 bits per heavy atom. The molecule has 3 unspecified atom stereocenters. The van der Waals surface area contributed by atoms with Crippen molar-refractivity contribution < 1.29 is 19.0 Å². The van der Waals surface area contributed by atoms with Crippen molar-refractivity contribution in [3.8, 4) is 0 Å². The van der Waals surface area contributed by atoms with Crippen molar-refractivity contribution in [1.29, 1.82) is 0 Å². The molecule has 1 fully saturated rings. The van der Waals surface area contributed by atoms with E-state index >= 15 is 0 Å². The minimum Gasteiger partial charge on any atom is -0.460 e. The lowest BCUT2D eigenvalue weighted by molar-refractivity contribution is -0.195. The van der Waals surface area contributed by atoms with Crippen LogP contribution in [0.3, 0.4) is 0 Å². The van der Waals surface area contributed by atoms with Crippen LogP contribution < -0.4 is 0 Å². The molecule has 0 radical (unpaired) electrons. The van der Waals surface area contributed by atoms with E-state index in [-0.39, 0.29) is 24.1 Å². The van der Waals surface area contributed by atoms with Crippen molar-refractivity contribution in [3.05, 3.63) is 0 Å². The topological polar surface area (TPSA) is 44.8 Å². The normalized spacial score (nSPS) is 31.4. The molecule has 0 saturated carbocycles. The molecule has 0 N–H and O–H groups in total. The molecule has 1 heterocycles. The summed E-state index contributed by atoms with van der Waals surface area (Å²) in [5.74, 6) is -0.897. The van der Waals surface area contributed by atoms with E-state index in [4.69, 9.17) is 37.4 Å². The average Bonchev–Trinajstić information content (AvgIpc) is 2.68. The van der Waals surface area contributed by atoms with Gasteiger partial charge in [0, 0.05) is 12.3 Å². The Bertz CT molecular complexity index is 249. The molecule has 6 heteroatoms. The molecule has 0 amide bonds. The first kappa shape index (κ1) is 14.0. The molecule has 1 rings (SSSR count). The summed E-state index contributed by atoms with van der Waals surface area (Å²) in [6.45, 7) is 3.88. The van der Waals surface area contributed by atoms with Crippen LogP contribution in [-0.2, 0) is 19.0 Å². The lowest BCUT2D eigenvalue weighted by Crippen LogP contribution is -2.35. The summed E-state index contributed by atoms with van der Waals surface area (Å²) < 4.78 is 16.0. The molecule has 94 valence electrons. The Morgan fingerprint density at radius 2 is 2.38 bits per heavy atom. The molecule has 4 nitrogen and oxygen atoms in total. The van der Waals surface area contributed by atoms with Crippen LogP contribution >= 0.6 is 23.2 Å². The monoisotopic (exact) mass is 270 g/mol. The summed E-state index contributed by atoms with van der Waals surface area (Å²) in [7, 11) is 0. The number of rotatable bonds is 5. The van der Waals surface area contributed by atoms with Crippen molar-refractivity contribution >= 4 is 29.2 Å². The lowest BCUT2D eigenvalue weighted by atomic mass is 10.3. The number of esters is 1. The number of hydrogen-bond donors (Lipinski definition) is 0. The number of halogens is 2. The second-order valence-electron chi connectivity index (χ2n) is 3.79. The van der Waals surface area contributed by atoms with Crippen LogP contribution in [0.2, 0.25) is 0 Å². The second-order valence-corrected chi connectivity index (χ2v) is 4.65. The zero-order chi connectivity index (χ0) is 12.2. The Kier molecular flexibility index (Phi) is 5.31. The number of ether oxygens (including phenoxy) is 3. The molecule has 1 aliphatic rings. The van der Waals surface area contributed by atoms with Gasteiger partial charge in [-0.2, -0.15) is 0 Å². The highest BCUT2D eigenvalue weighted by molar-refractivity contribution is 6.28. The van der Waals surface area contributed by atoms with Gasteiger partial charge < -0.3 is 14.2 Å². The molecule has 16 heavy (non-hydrogen) atoms. The molecule has 0 aromatic carbocycles. The van der Waals surface area contributed by atoms with E-state index in [1.54, 1.807) is 13.8 Å². The van der Waals surface area contributed by atoms with Gasteiger partial charge in [-0.05, 0) is 6.92 Å². The fraction of sp³-hybridized carbons (Fsp3) is 0.900.